The summed E-state index contributed by atoms with van der Waals surface area (Å²) in [5, 5.41) is 4.03. The molecule has 0 radical (unpaired) electrons. The summed E-state index contributed by atoms with van der Waals surface area (Å²) < 4.78 is 25.7. The smallest absolute Gasteiger partial charge is 0.293 e. The van der Waals surface area contributed by atoms with Crippen LogP contribution in [0.15, 0.2) is 45.5 Å². The molecule has 1 aliphatic rings. The van der Waals surface area contributed by atoms with Gasteiger partial charge >= 0.3 is 0 Å². The summed E-state index contributed by atoms with van der Waals surface area (Å²) in [6, 6.07) is 7.79. The molecule has 0 atom stereocenters. The second kappa shape index (κ2) is 9.53. The molecule has 1 aromatic carbocycles. The van der Waals surface area contributed by atoms with Crippen LogP contribution in [0.3, 0.4) is 0 Å². The van der Waals surface area contributed by atoms with Crippen molar-refractivity contribution < 1.29 is 22.8 Å². The van der Waals surface area contributed by atoms with Crippen LogP contribution in [-0.2, 0) is 19.6 Å². The van der Waals surface area contributed by atoms with Crippen LogP contribution in [0.25, 0.3) is 6.08 Å². The number of sulfonamides is 1. The van der Waals surface area contributed by atoms with Crippen LogP contribution >= 0.6 is 34.7 Å². The predicted molar refractivity (Wildman–Crippen MR) is 123 cm³/mol. The minimum absolute atomic E-state index is 0.0297. The Kier molecular flexibility index (Phi) is 7.22. The van der Waals surface area contributed by atoms with Crippen LogP contribution in [0.2, 0.25) is 5.02 Å². The van der Waals surface area contributed by atoms with E-state index in [-0.39, 0.29) is 28.6 Å². The van der Waals surface area contributed by atoms with E-state index in [9.17, 15) is 22.8 Å². The van der Waals surface area contributed by atoms with E-state index < -0.39 is 27.1 Å². The van der Waals surface area contributed by atoms with Crippen molar-refractivity contribution in [2.24, 2.45) is 0 Å². The number of thiophene rings is 1. The van der Waals surface area contributed by atoms with Crippen molar-refractivity contribution in [3.63, 3.8) is 0 Å². The van der Waals surface area contributed by atoms with E-state index in [1.54, 1.807) is 6.08 Å². The number of hydrogen-bond donors (Lipinski definition) is 1. The average Bonchev–Trinajstić information content (AvgIpc) is 3.30. The van der Waals surface area contributed by atoms with Gasteiger partial charge in [0.05, 0.1) is 9.93 Å². The van der Waals surface area contributed by atoms with Crippen molar-refractivity contribution in [2.75, 3.05) is 26.0 Å². The van der Waals surface area contributed by atoms with Gasteiger partial charge in [-0.25, -0.2) is 12.7 Å². The first-order valence-electron chi connectivity index (χ1n) is 8.90. The quantitative estimate of drug-likeness (QED) is 0.582. The van der Waals surface area contributed by atoms with Crippen LogP contribution in [0.5, 0.6) is 0 Å². The van der Waals surface area contributed by atoms with Crippen LogP contribution < -0.4 is 5.32 Å². The van der Waals surface area contributed by atoms with Crippen LogP contribution in [0.1, 0.15) is 11.3 Å². The summed E-state index contributed by atoms with van der Waals surface area (Å²) in [4.78, 5) is 39.0. The van der Waals surface area contributed by atoms with Crippen molar-refractivity contribution in [3.05, 3.63) is 50.5 Å². The third-order valence-corrected chi connectivity index (χ3v) is 8.25. The second-order valence-corrected chi connectivity index (χ2v) is 11.1. The molecule has 12 heteroatoms. The molecule has 1 saturated heterocycles. The highest BCUT2D eigenvalue weighted by atomic mass is 35.5. The molecule has 2 aromatic rings. The van der Waals surface area contributed by atoms with Gasteiger partial charge in [0.1, 0.15) is 4.90 Å². The number of anilines is 1. The first-order chi connectivity index (χ1) is 14.6. The van der Waals surface area contributed by atoms with Gasteiger partial charge in [-0.2, -0.15) is 0 Å². The van der Waals surface area contributed by atoms with Crippen LogP contribution in [0.4, 0.5) is 10.5 Å². The molecule has 0 unspecified atom stereocenters. The first kappa shape index (κ1) is 23.5. The number of thioether (sulfide) groups is 1. The number of carbonyl (C=O) groups is 3. The fourth-order valence-electron chi connectivity index (χ4n) is 2.61. The lowest BCUT2D eigenvalue weighted by atomic mass is 10.3. The van der Waals surface area contributed by atoms with Gasteiger partial charge in [0.25, 0.3) is 11.1 Å². The van der Waals surface area contributed by atoms with Gasteiger partial charge in [0.2, 0.25) is 15.9 Å². The van der Waals surface area contributed by atoms with Crippen molar-refractivity contribution in [1.82, 2.24) is 9.21 Å². The maximum Gasteiger partial charge on any atom is 0.293 e. The molecule has 8 nitrogen and oxygen atoms in total. The zero-order valence-corrected chi connectivity index (χ0v) is 19.7. The zero-order valence-electron chi connectivity index (χ0n) is 16.5. The lowest BCUT2D eigenvalue weighted by Gasteiger charge is -2.15. The third kappa shape index (κ3) is 5.36. The molecule has 0 spiro atoms. The minimum atomic E-state index is -3.79. The molecule has 1 fully saturated rings. The summed E-state index contributed by atoms with van der Waals surface area (Å²) in [5.41, 5.74) is 0.238. The molecule has 1 aromatic heterocycles. The standard InChI is InChI=1S/C19H18ClN3O5S3/c1-22(2)31(27,28)16-10-12(5-6-14(16)20)21-17(24)7-8-23-18(25)15(30-19(23)26)11-13-4-3-9-29-13/h3-6,9-11H,7-8H2,1-2H3,(H,21,24). The highest BCUT2D eigenvalue weighted by Gasteiger charge is 2.35. The van der Waals surface area contributed by atoms with Crippen molar-refractivity contribution in [3.8, 4) is 0 Å². The number of benzene rings is 1. The van der Waals surface area contributed by atoms with E-state index in [1.165, 1.54) is 43.6 Å². The Morgan fingerprint density at radius 3 is 2.65 bits per heavy atom. The van der Waals surface area contributed by atoms with Crippen LogP contribution in [-0.4, -0.2) is 55.3 Å². The number of amides is 3. The van der Waals surface area contributed by atoms with Gasteiger partial charge in [0, 0.05) is 37.6 Å². The largest absolute Gasteiger partial charge is 0.326 e. The molecule has 0 bridgehead atoms. The molecular weight excluding hydrogens is 482 g/mol. The van der Waals surface area contributed by atoms with Gasteiger partial charge < -0.3 is 5.32 Å². The molecule has 164 valence electrons. The second-order valence-electron chi connectivity index (χ2n) is 6.58. The van der Waals surface area contributed by atoms with Crippen molar-refractivity contribution >= 4 is 73.5 Å². The molecule has 3 amide bonds. The lowest BCUT2D eigenvalue weighted by molar-refractivity contribution is -0.123. The minimum Gasteiger partial charge on any atom is -0.326 e. The summed E-state index contributed by atoms with van der Waals surface area (Å²) in [6.07, 6.45) is 1.51. The maximum atomic E-state index is 12.5. The number of rotatable bonds is 7. The SMILES string of the molecule is CN(C)S(=O)(=O)c1cc(NC(=O)CCN2C(=O)SC(=Cc3cccs3)C2=O)ccc1Cl. The molecule has 0 saturated carbocycles. The molecule has 2 heterocycles. The highest BCUT2D eigenvalue weighted by molar-refractivity contribution is 8.18. The Morgan fingerprint density at radius 2 is 2.00 bits per heavy atom. The summed E-state index contributed by atoms with van der Waals surface area (Å²) >= 11 is 8.28. The van der Waals surface area contributed by atoms with Gasteiger partial charge in [-0.15, -0.1) is 11.3 Å². The van der Waals surface area contributed by atoms with E-state index in [4.69, 9.17) is 11.6 Å². The first-order valence-corrected chi connectivity index (χ1v) is 12.4. The number of nitrogens with one attached hydrogen (secondary N) is 1. The van der Waals surface area contributed by atoms with Gasteiger partial charge in [-0.05, 0) is 47.5 Å². The molecule has 3 rings (SSSR count). The van der Waals surface area contributed by atoms with Crippen LogP contribution in [0, 0.1) is 0 Å². The molecular formula is C19H18ClN3O5S3. The van der Waals surface area contributed by atoms with Gasteiger partial charge in [0.15, 0.2) is 0 Å². The van der Waals surface area contributed by atoms with Crippen molar-refractivity contribution in [2.45, 2.75) is 11.3 Å². The number of nitrogens with zero attached hydrogens (tertiary/aromatic N) is 2. The third-order valence-electron chi connectivity index (χ3n) is 4.23. The lowest BCUT2D eigenvalue weighted by Crippen LogP contribution is -2.31. The van der Waals surface area contributed by atoms with E-state index in [0.29, 0.717) is 4.91 Å². The maximum absolute atomic E-state index is 12.5. The highest BCUT2D eigenvalue weighted by Crippen LogP contribution is 2.33. The summed E-state index contributed by atoms with van der Waals surface area (Å²) in [6.45, 7) is -0.0886. The monoisotopic (exact) mass is 499 g/mol. The fourth-order valence-corrected chi connectivity index (χ4v) is 5.59. The Labute approximate surface area is 192 Å². The van der Waals surface area contributed by atoms with Gasteiger partial charge in [-0.3, -0.25) is 19.3 Å². The normalized spacial score (nSPS) is 15.9. The van der Waals surface area contributed by atoms with Crippen molar-refractivity contribution in [1.29, 1.82) is 0 Å². The van der Waals surface area contributed by atoms with Gasteiger partial charge in [-0.1, -0.05) is 17.7 Å². The molecule has 31 heavy (non-hydrogen) atoms. The Bertz CT molecular complexity index is 1160. The zero-order chi connectivity index (χ0) is 22.8. The number of imide groups is 1. The molecule has 1 aliphatic heterocycles. The van der Waals surface area contributed by atoms with E-state index >= 15 is 0 Å². The summed E-state index contributed by atoms with van der Waals surface area (Å²) in [5.74, 6) is -0.918. The van der Waals surface area contributed by atoms with E-state index in [1.807, 2.05) is 17.5 Å². The molecule has 1 N–H and O–H groups in total. The Morgan fingerprint density at radius 1 is 1.26 bits per heavy atom. The fraction of sp³-hybridized carbons (Fsp3) is 0.211. The Hall–Kier alpha value is -2.18. The number of hydrogen-bond acceptors (Lipinski definition) is 7. The Balaban J connectivity index is 1.64. The van der Waals surface area contributed by atoms with E-state index in [2.05, 4.69) is 5.32 Å². The number of carbonyl (C=O) groups excluding carboxylic acids is 3. The van der Waals surface area contributed by atoms with E-state index in [0.717, 1.165) is 25.8 Å². The summed E-state index contributed by atoms with van der Waals surface area (Å²) in [7, 11) is -1.04. The predicted octanol–water partition coefficient (Wildman–Crippen LogP) is 3.72. The molecule has 0 aliphatic carbocycles. The number of halogens is 1. The average molecular weight is 500 g/mol. The topological polar surface area (TPSA) is 104 Å².